The Morgan fingerprint density at radius 1 is 1.40 bits per heavy atom. The predicted molar refractivity (Wildman–Crippen MR) is 75.7 cm³/mol. The Hall–Kier alpha value is -2.63. The molecule has 2 rings (SSSR count). The molecule has 0 fully saturated rings. The highest BCUT2D eigenvalue weighted by atomic mass is 19.1. The number of primary amides is 1. The topological polar surface area (TPSA) is 85.2 Å². The number of hydrogen-bond acceptors (Lipinski definition) is 4. The lowest BCUT2D eigenvalue weighted by molar-refractivity contribution is 0.100. The van der Waals surface area contributed by atoms with E-state index in [1.165, 1.54) is 24.4 Å². The summed E-state index contributed by atoms with van der Waals surface area (Å²) >= 11 is 0. The van der Waals surface area contributed by atoms with Gasteiger partial charge in [-0.1, -0.05) is 12.1 Å². The van der Waals surface area contributed by atoms with E-state index < -0.39 is 5.91 Å². The third-order valence-electron chi connectivity index (χ3n) is 2.82. The smallest absolute Gasteiger partial charge is 0.252 e. The maximum absolute atomic E-state index is 13.2. The first kappa shape index (κ1) is 13.8. The van der Waals surface area contributed by atoms with Gasteiger partial charge in [0.05, 0.1) is 17.4 Å². The second kappa shape index (κ2) is 5.56. The van der Waals surface area contributed by atoms with Crippen molar-refractivity contribution in [3.63, 3.8) is 0 Å². The van der Waals surface area contributed by atoms with Crippen molar-refractivity contribution in [2.24, 2.45) is 5.73 Å². The lowest BCUT2D eigenvalue weighted by Gasteiger charge is -2.20. The fourth-order valence-electron chi connectivity index (χ4n) is 1.94. The van der Waals surface area contributed by atoms with Crippen molar-refractivity contribution in [3.8, 4) is 0 Å². The third-order valence-corrected chi connectivity index (χ3v) is 2.82. The van der Waals surface area contributed by atoms with Crippen molar-refractivity contribution >= 4 is 17.4 Å². The first-order chi connectivity index (χ1) is 9.47. The molecule has 2 aromatic rings. The van der Waals surface area contributed by atoms with E-state index >= 15 is 0 Å². The minimum absolute atomic E-state index is 0.240. The van der Waals surface area contributed by atoms with Crippen LogP contribution in [0.3, 0.4) is 0 Å². The molecule has 0 saturated carbocycles. The normalized spacial score (nSPS) is 10.3. The van der Waals surface area contributed by atoms with Gasteiger partial charge in [0.2, 0.25) is 0 Å². The molecule has 1 amide bonds. The number of pyridine rings is 1. The predicted octanol–water partition coefficient (Wildman–Crippen LogP) is 1.54. The Morgan fingerprint density at radius 3 is 2.80 bits per heavy atom. The van der Waals surface area contributed by atoms with Crippen molar-refractivity contribution < 1.29 is 9.18 Å². The van der Waals surface area contributed by atoms with Gasteiger partial charge in [-0.25, -0.2) is 9.37 Å². The van der Waals surface area contributed by atoms with Gasteiger partial charge >= 0.3 is 0 Å². The van der Waals surface area contributed by atoms with Crippen LogP contribution >= 0.6 is 0 Å². The molecule has 0 spiro atoms. The minimum Gasteiger partial charge on any atom is -0.397 e. The Kier molecular flexibility index (Phi) is 3.84. The zero-order valence-electron chi connectivity index (χ0n) is 11.0. The molecule has 5 nitrogen and oxygen atoms in total. The molecular weight excluding hydrogens is 259 g/mol. The van der Waals surface area contributed by atoms with E-state index in [0.717, 1.165) is 5.56 Å². The first-order valence-corrected chi connectivity index (χ1v) is 5.98. The number of benzene rings is 1. The Balaban J connectivity index is 2.29. The summed E-state index contributed by atoms with van der Waals surface area (Å²) in [7, 11) is 1.75. The Morgan fingerprint density at radius 2 is 2.15 bits per heavy atom. The van der Waals surface area contributed by atoms with Crippen LogP contribution < -0.4 is 16.4 Å². The van der Waals surface area contributed by atoms with E-state index in [2.05, 4.69) is 4.98 Å². The van der Waals surface area contributed by atoms with Gasteiger partial charge in [-0.3, -0.25) is 4.79 Å². The number of rotatable bonds is 4. The number of nitrogen functional groups attached to an aromatic ring is 1. The van der Waals surface area contributed by atoms with Crippen LogP contribution in [0.4, 0.5) is 15.9 Å². The molecule has 0 radical (unpaired) electrons. The molecule has 0 unspecified atom stereocenters. The quantitative estimate of drug-likeness (QED) is 0.885. The second-order valence-electron chi connectivity index (χ2n) is 4.49. The molecule has 104 valence electrons. The largest absolute Gasteiger partial charge is 0.397 e. The molecule has 20 heavy (non-hydrogen) atoms. The number of nitrogens with zero attached hydrogens (tertiary/aromatic N) is 2. The highest BCUT2D eigenvalue weighted by Crippen LogP contribution is 2.20. The van der Waals surface area contributed by atoms with E-state index in [0.29, 0.717) is 18.1 Å². The van der Waals surface area contributed by atoms with E-state index in [4.69, 9.17) is 11.5 Å². The fraction of sp³-hybridized carbons (Fsp3) is 0.143. The summed E-state index contributed by atoms with van der Waals surface area (Å²) in [6, 6.07) is 7.70. The minimum atomic E-state index is -0.606. The molecule has 0 bridgehead atoms. The van der Waals surface area contributed by atoms with Crippen molar-refractivity contribution in [1.82, 2.24) is 4.98 Å². The summed E-state index contributed by atoms with van der Waals surface area (Å²) in [6.07, 6.45) is 1.45. The molecule has 0 aliphatic carbocycles. The summed E-state index contributed by atoms with van der Waals surface area (Å²) in [5.41, 5.74) is 12.3. The van der Waals surface area contributed by atoms with Gasteiger partial charge in [0.25, 0.3) is 5.91 Å². The number of anilines is 2. The van der Waals surface area contributed by atoms with Crippen LogP contribution in [0.2, 0.25) is 0 Å². The van der Waals surface area contributed by atoms with Crippen LogP contribution in [-0.2, 0) is 6.54 Å². The van der Waals surface area contributed by atoms with E-state index in [-0.39, 0.29) is 11.4 Å². The first-order valence-electron chi connectivity index (χ1n) is 5.98. The van der Waals surface area contributed by atoms with Crippen molar-refractivity contribution in [3.05, 3.63) is 53.5 Å². The Bertz CT molecular complexity index is 645. The third kappa shape index (κ3) is 3.03. The lowest BCUT2D eigenvalue weighted by atomic mass is 10.2. The van der Waals surface area contributed by atoms with E-state index in [1.807, 2.05) is 0 Å². The van der Waals surface area contributed by atoms with Crippen LogP contribution in [0.5, 0.6) is 0 Å². The number of hydrogen-bond donors (Lipinski definition) is 2. The number of aromatic nitrogens is 1. The molecule has 4 N–H and O–H groups in total. The average Bonchev–Trinajstić information content (AvgIpc) is 2.38. The summed E-state index contributed by atoms with van der Waals surface area (Å²) in [4.78, 5) is 17.3. The Labute approximate surface area is 116 Å². The highest BCUT2D eigenvalue weighted by Gasteiger charge is 2.14. The summed E-state index contributed by atoms with van der Waals surface area (Å²) < 4.78 is 13.2. The van der Waals surface area contributed by atoms with Gasteiger partial charge in [-0.2, -0.15) is 0 Å². The molecule has 1 heterocycles. The van der Waals surface area contributed by atoms with E-state index in [1.54, 1.807) is 24.1 Å². The molecule has 0 aliphatic heterocycles. The van der Waals surface area contributed by atoms with Crippen LogP contribution in [0.25, 0.3) is 0 Å². The number of amides is 1. The van der Waals surface area contributed by atoms with Crippen LogP contribution in [0.15, 0.2) is 36.5 Å². The zero-order valence-corrected chi connectivity index (χ0v) is 11.0. The SMILES string of the molecule is CN(Cc1cccc(F)c1)c1ncc(N)cc1C(N)=O. The lowest BCUT2D eigenvalue weighted by Crippen LogP contribution is -2.23. The van der Waals surface area contributed by atoms with Crippen molar-refractivity contribution in [2.45, 2.75) is 6.54 Å². The van der Waals surface area contributed by atoms with Crippen LogP contribution in [0, 0.1) is 5.82 Å². The molecule has 0 saturated heterocycles. The molecule has 1 aromatic heterocycles. The maximum Gasteiger partial charge on any atom is 0.252 e. The van der Waals surface area contributed by atoms with Gasteiger partial charge in [0, 0.05) is 13.6 Å². The molecular formula is C14H15FN4O. The average molecular weight is 274 g/mol. The van der Waals surface area contributed by atoms with E-state index in [9.17, 15) is 9.18 Å². The van der Waals surface area contributed by atoms with Gasteiger partial charge in [0.15, 0.2) is 0 Å². The standard InChI is InChI=1S/C14H15FN4O/c1-19(8-9-3-2-4-10(15)5-9)14-12(13(17)20)6-11(16)7-18-14/h2-7H,8,16H2,1H3,(H2,17,20). The molecule has 6 heteroatoms. The van der Waals surface area contributed by atoms with Gasteiger partial charge < -0.3 is 16.4 Å². The monoisotopic (exact) mass is 274 g/mol. The maximum atomic E-state index is 13.2. The number of halogens is 1. The van der Waals surface area contributed by atoms with Crippen molar-refractivity contribution in [1.29, 1.82) is 0 Å². The molecule has 0 aliphatic rings. The van der Waals surface area contributed by atoms with Gasteiger partial charge in [0.1, 0.15) is 11.6 Å². The van der Waals surface area contributed by atoms with Crippen LogP contribution in [-0.4, -0.2) is 17.9 Å². The second-order valence-corrected chi connectivity index (χ2v) is 4.49. The van der Waals surface area contributed by atoms with Crippen LogP contribution in [0.1, 0.15) is 15.9 Å². The van der Waals surface area contributed by atoms with Gasteiger partial charge in [-0.15, -0.1) is 0 Å². The molecule has 1 aromatic carbocycles. The fourth-order valence-corrected chi connectivity index (χ4v) is 1.94. The summed E-state index contributed by atoms with van der Waals surface area (Å²) in [5.74, 6) is -0.502. The van der Waals surface area contributed by atoms with Gasteiger partial charge in [-0.05, 0) is 23.8 Å². The number of nitrogens with two attached hydrogens (primary N) is 2. The number of carbonyl (C=O) groups is 1. The zero-order chi connectivity index (χ0) is 14.7. The highest BCUT2D eigenvalue weighted by molar-refractivity contribution is 5.98. The summed E-state index contributed by atoms with van der Waals surface area (Å²) in [6.45, 7) is 0.398. The number of carbonyl (C=O) groups excluding carboxylic acids is 1. The van der Waals surface area contributed by atoms with Crippen molar-refractivity contribution in [2.75, 3.05) is 17.7 Å². The summed E-state index contributed by atoms with van der Waals surface area (Å²) in [5, 5.41) is 0. The molecule has 0 atom stereocenters.